The molecule has 142 valence electrons. The third-order valence-electron chi connectivity index (χ3n) is 3.88. The number of rotatable bonds is 6. The first-order chi connectivity index (χ1) is 13.5. The van der Waals surface area contributed by atoms with Crippen molar-refractivity contribution >= 4 is 46.6 Å². The van der Waals surface area contributed by atoms with E-state index in [-0.39, 0.29) is 11.8 Å². The molecule has 0 aliphatic carbocycles. The molecule has 28 heavy (non-hydrogen) atoms. The van der Waals surface area contributed by atoms with E-state index in [1.54, 1.807) is 18.2 Å². The number of amides is 2. The summed E-state index contributed by atoms with van der Waals surface area (Å²) in [6.45, 7) is 1.43. The van der Waals surface area contributed by atoms with Gasteiger partial charge in [-0.3, -0.25) is 9.59 Å². The lowest BCUT2D eigenvalue weighted by Gasteiger charge is -2.18. The second-order valence-electron chi connectivity index (χ2n) is 6.09. The van der Waals surface area contributed by atoms with Crippen molar-refractivity contribution in [2.45, 2.75) is 17.1 Å². The molecule has 6 heteroatoms. The largest absolute Gasteiger partial charge is 0.326 e. The molecule has 0 saturated heterocycles. The number of hydrogen-bond donors (Lipinski definition) is 2. The summed E-state index contributed by atoms with van der Waals surface area (Å²) in [6, 6.07) is 24.4. The van der Waals surface area contributed by atoms with Crippen LogP contribution in [0.2, 0.25) is 5.02 Å². The van der Waals surface area contributed by atoms with Crippen LogP contribution in [0.15, 0.2) is 83.8 Å². The first-order valence-electron chi connectivity index (χ1n) is 8.67. The Morgan fingerprint density at radius 3 is 2.14 bits per heavy atom. The Hall–Kier alpha value is -2.76. The van der Waals surface area contributed by atoms with Crippen LogP contribution in [-0.2, 0) is 9.59 Å². The fourth-order valence-corrected chi connectivity index (χ4v) is 3.91. The predicted octanol–water partition coefficient (Wildman–Crippen LogP) is 5.77. The zero-order chi connectivity index (χ0) is 19.9. The third kappa shape index (κ3) is 5.38. The van der Waals surface area contributed by atoms with Crippen molar-refractivity contribution in [2.75, 3.05) is 10.6 Å². The Morgan fingerprint density at radius 1 is 0.893 bits per heavy atom. The number of benzene rings is 3. The second-order valence-corrected chi connectivity index (χ2v) is 7.67. The highest BCUT2D eigenvalue weighted by molar-refractivity contribution is 8.00. The van der Waals surface area contributed by atoms with Crippen LogP contribution < -0.4 is 10.6 Å². The van der Waals surface area contributed by atoms with Gasteiger partial charge in [0, 0.05) is 17.5 Å². The Labute approximate surface area is 173 Å². The fraction of sp³-hybridized carbons (Fsp3) is 0.0909. The highest BCUT2D eigenvalue weighted by Gasteiger charge is 2.22. The molecular weight excluding hydrogens is 392 g/mol. The van der Waals surface area contributed by atoms with Gasteiger partial charge in [0.25, 0.3) is 0 Å². The molecule has 0 aliphatic heterocycles. The Bertz CT molecular complexity index is 965. The summed E-state index contributed by atoms with van der Waals surface area (Å²) < 4.78 is 0. The van der Waals surface area contributed by atoms with Crippen LogP contribution in [0.25, 0.3) is 0 Å². The number of carbonyl (C=O) groups is 2. The molecule has 0 spiro atoms. The minimum atomic E-state index is -0.435. The van der Waals surface area contributed by atoms with Crippen molar-refractivity contribution in [1.29, 1.82) is 0 Å². The third-order valence-corrected chi connectivity index (χ3v) is 5.46. The number of hydrogen-bond acceptors (Lipinski definition) is 3. The van der Waals surface area contributed by atoms with E-state index in [1.807, 2.05) is 60.7 Å². The summed E-state index contributed by atoms with van der Waals surface area (Å²) in [5.74, 6) is -0.356. The summed E-state index contributed by atoms with van der Waals surface area (Å²) in [5.41, 5.74) is 1.98. The van der Waals surface area contributed by atoms with Crippen LogP contribution in [0.4, 0.5) is 11.4 Å². The van der Waals surface area contributed by atoms with Gasteiger partial charge in [0.05, 0.1) is 10.7 Å². The molecule has 0 aromatic heterocycles. The van der Waals surface area contributed by atoms with Crippen molar-refractivity contribution < 1.29 is 9.59 Å². The predicted molar refractivity (Wildman–Crippen MR) is 116 cm³/mol. The molecule has 0 aliphatic rings. The van der Waals surface area contributed by atoms with E-state index < -0.39 is 5.25 Å². The minimum Gasteiger partial charge on any atom is -0.326 e. The van der Waals surface area contributed by atoms with Gasteiger partial charge in [0.2, 0.25) is 11.8 Å². The monoisotopic (exact) mass is 410 g/mol. The van der Waals surface area contributed by atoms with Crippen molar-refractivity contribution in [3.05, 3.63) is 89.4 Å². The topological polar surface area (TPSA) is 58.2 Å². The lowest BCUT2D eigenvalue weighted by Crippen LogP contribution is -2.19. The molecule has 3 aromatic rings. The molecule has 0 heterocycles. The molecule has 3 rings (SSSR count). The molecule has 2 amide bonds. The average molecular weight is 411 g/mol. The van der Waals surface area contributed by atoms with Gasteiger partial charge >= 0.3 is 0 Å². The van der Waals surface area contributed by atoms with Gasteiger partial charge in [-0.25, -0.2) is 0 Å². The van der Waals surface area contributed by atoms with Gasteiger partial charge in [-0.1, -0.05) is 60.1 Å². The van der Waals surface area contributed by atoms with Crippen LogP contribution >= 0.6 is 23.4 Å². The highest BCUT2D eigenvalue weighted by Crippen LogP contribution is 2.37. The van der Waals surface area contributed by atoms with Crippen LogP contribution in [0.3, 0.4) is 0 Å². The Morgan fingerprint density at radius 2 is 1.54 bits per heavy atom. The zero-order valence-corrected chi connectivity index (χ0v) is 16.8. The van der Waals surface area contributed by atoms with Crippen LogP contribution in [0.5, 0.6) is 0 Å². The average Bonchev–Trinajstić information content (AvgIpc) is 2.69. The summed E-state index contributed by atoms with van der Waals surface area (Å²) in [4.78, 5) is 25.3. The van der Waals surface area contributed by atoms with Gasteiger partial charge in [-0.05, 0) is 35.9 Å². The van der Waals surface area contributed by atoms with Crippen molar-refractivity contribution in [3.63, 3.8) is 0 Å². The smallest absolute Gasteiger partial charge is 0.242 e. The standard InChI is InChI=1S/C22H19ClN2O2S/c1-15(26)24-17-12-13-20(19(23)14-17)25-22(27)21(16-8-4-2-5-9-16)28-18-10-6-3-7-11-18/h2-14,21H,1H3,(H,24,26)(H,25,27). The van der Waals surface area contributed by atoms with E-state index >= 15 is 0 Å². The molecular formula is C22H19ClN2O2S. The quantitative estimate of drug-likeness (QED) is 0.507. The normalized spacial score (nSPS) is 11.5. The maximum Gasteiger partial charge on any atom is 0.242 e. The van der Waals surface area contributed by atoms with Crippen LogP contribution in [-0.4, -0.2) is 11.8 Å². The van der Waals surface area contributed by atoms with E-state index in [0.717, 1.165) is 10.5 Å². The number of anilines is 2. The summed E-state index contributed by atoms with van der Waals surface area (Å²) >= 11 is 7.77. The molecule has 3 aromatic carbocycles. The molecule has 1 atom stereocenters. The highest BCUT2D eigenvalue weighted by atomic mass is 35.5. The van der Waals surface area contributed by atoms with E-state index in [4.69, 9.17) is 11.6 Å². The zero-order valence-electron chi connectivity index (χ0n) is 15.2. The molecule has 2 N–H and O–H groups in total. The van der Waals surface area contributed by atoms with E-state index in [9.17, 15) is 9.59 Å². The summed E-state index contributed by atoms with van der Waals surface area (Å²) in [6.07, 6.45) is 0. The van der Waals surface area contributed by atoms with Crippen molar-refractivity contribution in [2.24, 2.45) is 0 Å². The number of nitrogens with one attached hydrogen (secondary N) is 2. The van der Waals surface area contributed by atoms with Crippen LogP contribution in [0, 0.1) is 0 Å². The SMILES string of the molecule is CC(=O)Nc1ccc(NC(=O)C(Sc2ccccc2)c2ccccc2)c(Cl)c1. The lowest BCUT2D eigenvalue weighted by atomic mass is 10.1. The van der Waals surface area contributed by atoms with Gasteiger partial charge < -0.3 is 10.6 Å². The van der Waals surface area contributed by atoms with Gasteiger partial charge in [0.15, 0.2) is 0 Å². The first kappa shape index (κ1) is 20.0. The number of carbonyl (C=O) groups excluding carboxylic acids is 2. The number of halogens is 1. The first-order valence-corrected chi connectivity index (χ1v) is 9.93. The van der Waals surface area contributed by atoms with Gasteiger partial charge in [0.1, 0.15) is 5.25 Å². The van der Waals surface area contributed by atoms with Crippen molar-refractivity contribution in [3.8, 4) is 0 Å². The van der Waals surface area contributed by atoms with Gasteiger partial charge in [-0.15, -0.1) is 11.8 Å². The maximum absolute atomic E-state index is 13.1. The minimum absolute atomic E-state index is 0.172. The van der Waals surface area contributed by atoms with Crippen molar-refractivity contribution in [1.82, 2.24) is 0 Å². The lowest BCUT2D eigenvalue weighted by molar-refractivity contribution is -0.116. The molecule has 1 unspecified atom stereocenters. The molecule has 0 radical (unpaired) electrons. The number of thioether (sulfide) groups is 1. The Kier molecular flexibility index (Phi) is 6.74. The molecule has 0 saturated carbocycles. The molecule has 0 bridgehead atoms. The summed E-state index contributed by atoms with van der Waals surface area (Å²) in [7, 11) is 0. The second kappa shape index (κ2) is 9.44. The Balaban J connectivity index is 1.82. The fourth-order valence-electron chi connectivity index (χ4n) is 2.63. The molecule has 0 fully saturated rings. The summed E-state index contributed by atoms with van der Waals surface area (Å²) in [5, 5.41) is 5.49. The maximum atomic E-state index is 13.1. The van der Waals surface area contributed by atoms with Crippen LogP contribution in [0.1, 0.15) is 17.7 Å². The van der Waals surface area contributed by atoms with E-state index in [0.29, 0.717) is 16.4 Å². The van der Waals surface area contributed by atoms with E-state index in [1.165, 1.54) is 18.7 Å². The molecule has 4 nitrogen and oxygen atoms in total. The van der Waals surface area contributed by atoms with E-state index in [2.05, 4.69) is 10.6 Å². The van der Waals surface area contributed by atoms with Gasteiger partial charge in [-0.2, -0.15) is 0 Å².